The number of alkyl halides is 2. The molecule has 1 heterocycles. The maximum absolute atomic E-state index is 11.9. The average Bonchev–Trinajstić information content (AvgIpc) is 2.05. The summed E-state index contributed by atoms with van der Waals surface area (Å²) in [6, 6.07) is 1.27. The van der Waals surface area contributed by atoms with E-state index < -0.39 is 12.2 Å². The molecular weight excluding hydrogens is 272 g/mol. The van der Waals surface area contributed by atoms with Gasteiger partial charge in [0.15, 0.2) is 0 Å². The highest BCUT2D eigenvalue weighted by atomic mass is 79.9. The lowest BCUT2D eigenvalue weighted by molar-refractivity contribution is -0.0532. The first-order valence-corrected chi connectivity index (χ1v) is 4.93. The number of hydrogen-bond acceptors (Lipinski definition) is 3. The van der Waals surface area contributed by atoms with Crippen LogP contribution in [0.3, 0.4) is 0 Å². The van der Waals surface area contributed by atoms with Crippen LogP contribution in [0, 0.1) is 0 Å². The highest BCUT2D eigenvalue weighted by Gasteiger charge is 2.21. The highest BCUT2D eigenvalue weighted by molar-refractivity contribution is 9.10. The fraction of sp³-hybridized carbons (Fsp3) is 0.444. The Bertz CT molecular complexity index is 352. The van der Waals surface area contributed by atoms with Crippen molar-refractivity contribution in [3.05, 3.63) is 22.3 Å². The van der Waals surface area contributed by atoms with Crippen molar-refractivity contribution in [1.29, 1.82) is 0 Å². The normalized spacial score (nSPS) is 11.9. The van der Waals surface area contributed by atoms with Crippen LogP contribution in [0.5, 0.6) is 5.88 Å². The Morgan fingerprint density at radius 3 is 2.60 bits per heavy atom. The first-order valence-electron chi connectivity index (χ1n) is 4.14. The second-order valence-corrected chi connectivity index (χ2v) is 4.29. The summed E-state index contributed by atoms with van der Waals surface area (Å²) in [5, 5.41) is 9.73. The van der Waals surface area contributed by atoms with Crippen LogP contribution in [-0.2, 0) is 5.60 Å². The van der Waals surface area contributed by atoms with Gasteiger partial charge in [0.2, 0.25) is 5.88 Å². The zero-order valence-corrected chi connectivity index (χ0v) is 9.75. The topological polar surface area (TPSA) is 42.4 Å². The van der Waals surface area contributed by atoms with Crippen molar-refractivity contribution >= 4 is 15.9 Å². The lowest BCUT2D eigenvalue weighted by Gasteiger charge is -2.19. The minimum absolute atomic E-state index is 0.217. The second kappa shape index (κ2) is 4.40. The van der Waals surface area contributed by atoms with E-state index in [1.54, 1.807) is 13.8 Å². The standard InChI is InChI=1S/C9H10BrF2NO2/c1-9(2,14)5-3-7(15-8(11)12)13-4-6(5)10/h3-4,8,14H,1-2H3. The maximum atomic E-state index is 11.9. The summed E-state index contributed by atoms with van der Waals surface area (Å²) in [7, 11) is 0. The molecule has 0 amide bonds. The lowest BCUT2D eigenvalue weighted by Crippen LogP contribution is -2.17. The predicted molar refractivity (Wildman–Crippen MR) is 53.8 cm³/mol. The molecule has 6 heteroatoms. The third-order valence-corrected chi connectivity index (χ3v) is 2.33. The van der Waals surface area contributed by atoms with Crippen LogP contribution in [0.1, 0.15) is 19.4 Å². The molecule has 1 aromatic heterocycles. The molecule has 0 saturated heterocycles. The van der Waals surface area contributed by atoms with Crippen LogP contribution < -0.4 is 4.74 Å². The van der Waals surface area contributed by atoms with Gasteiger partial charge in [0.05, 0.1) is 5.60 Å². The minimum Gasteiger partial charge on any atom is -0.417 e. The molecule has 84 valence electrons. The molecule has 0 atom stereocenters. The zero-order chi connectivity index (χ0) is 11.6. The molecule has 1 N–H and O–H groups in total. The van der Waals surface area contributed by atoms with E-state index in [-0.39, 0.29) is 5.88 Å². The monoisotopic (exact) mass is 281 g/mol. The van der Waals surface area contributed by atoms with Crippen molar-refractivity contribution in [2.75, 3.05) is 0 Å². The number of aromatic nitrogens is 1. The van der Waals surface area contributed by atoms with Gasteiger partial charge in [-0.25, -0.2) is 4.98 Å². The number of halogens is 3. The van der Waals surface area contributed by atoms with Gasteiger partial charge in [-0.05, 0) is 29.8 Å². The van der Waals surface area contributed by atoms with Crippen LogP contribution >= 0.6 is 15.9 Å². The van der Waals surface area contributed by atoms with Crippen molar-refractivity contribution in [2.45, 2.75) is 26.1 Å². The third-order valence-electron chi connectivity index (χ3n) is 1.70. The van der Waals surface area contributed by atoms with Crippen LogP contribution in [0.25, 0.3) is 0 Å². The van der Waals surface area contributed by atoms with E-state index in [9.17, 15) is 13.9 Å². The van der Waals surface area contributed by atoms with Gasteiger partial charge in [0.25, 0.3) is 0 Å². The number of rotatable bonds is 3. The van der Waals surface area contributed by atoms with Gasteiger partial charge in [0, 0.05) is 22.3 Å². The fourth-order valence-electron chi connectivity index (χ4n) is 1.04. The molecule has 3 nitrogen and oxygen atoms in total. The molecule has 0 unspecified atom stereocenters. The third kappa shape index (κ3) is 3.39. The van der Waals surface area contributed by atoms with Crippen LogP contribution in [-0.4, -0.2) is 16.7 Å². The van der Waals surface area contributed by atoms with Crippen molar-refractivity contribution in [2.24, 2.45) is 0 Å². The number of aliphatic hydroxyl groups is 1. The Kier molecular flexibility index (Phi) is 3.62. The SMILES string of the molecule is CC(C)(O)c1cc(OC(F)F)ncc1Br. The van der Waals surface area contributed by atoms with Gasteiger partial charge in [-0.1, -0.05) is 0 Å². The molecule has 0 radical (unpaired) electrons. The van der Waals surface area contributed by atoms with Crippen molar-refractivity contribution < 1.29 is 18.6 Å². The maximum Gasteiger partial charge on any atom is 0.388 e. The smallest absolute Gasteiger partial charge is 0.388 e. The van der Waals surface area contributed by atoms with E-state index in [4.69, 9.17) is 0 Å². The summed E-state index contributed by atoms with van der Waals surface area (Å²) >= 11 is 3.17. The number of hydrogen-bond donors (Lipinski definition) is 1. The molecule has 15 heavy (non-hydrogen) atoms. The molecule has 0 fully saturated rings. The average molecular weight is 282 g/mol. The molecule has 0 aliphatic carbocycles. The van der Waals surface area contributed by atoms with E-state index in [0.29, 0.717) is 10.0 Å². The molecule has 0 spiro atoms. The summed E-state index contributed by atoms with van der Waals surface area (Å²) in [5.41, 5.74) is -0.713. The Morgan fingerprint density at radius 1 is 1.53 bits per heavy atom. The first kappa shape index (κ1) is 12.3. The Labute approximate surface area is 94.2 Å². The quantitative estimate of drug-likeness (QED) is 0.926. The highest BCUT2D eigenvalue weighted by Crippen LogP contribution is 2.30. The Hall–Kier alpha value is -0.750. The number of pyridine rings is 1. The van der Waals surface area contributed by atoms with Crippen LogP contribution in [0.4, 0.5) is 8.78 Å². The zero-order valence-electron chi connectivity index (χ0n) is 8.17. The molecule has 0 aliphatic rings. The van der Waals surface area contributed by atoms with E-state index >= 15 is 0 Å². The fourth-order valence-corrected chi connectivity index (χ4v) is 1.75. The van der Waals surface area contributed by atoms with Crippen LogP contribution in [0.15, 0.2) is 16.7 Å². The summed E-state index contributed by atoms with van der Waals surface area (Å²) in [5.74, 6) is -0.217. The Balaban J connectivity index is 3.06. The summed E-state index contributed by atoms with van der Waals surface area (Å²) in [6.45, 7) is 0.159. The molecule has 0 bridgehead atoms. The first-order chi connectivity index (χ1) is 6.80. The van der Waals surface area contributed by atoms with E-state index in [1.807, 2.05) is 0 Å². The van der Waals surface area contributed by atoms with Gasteiger partial charge in [0.1, 0.15) is 0 Å². The van der Waals surface area contributed by atoms with Gasteiger partial charge in [-0.3, -0.25) is 0 Å². The van der Waals surface area contributed by atoms with Gasteiger partial charge in [-0.2, -0.15) is 8.78 Å². The molecule has 0 aliphatic heterocycles. The second-order valence-electron chi connectivity index (χ2n) is 3.44. The predicted octanol–water partition coefficient (Wildman–Crippen LogP) is 2.67. The number of nitrogens with zero attached hydrogens (tertiary/aromatic N) is 1. The summed E-state index contributed by atoms with van der Waals surface area (Å²) < 4.78 is 28.5. The van der Waals surface area contributed by atoms with E-state index in [1.165, 1.54) is 12.3 Å². The van der Waals surface area contributed by atoms with Gasteiger partial charge < -0.3 is 9.84 Å². The van der Waals surface area contributed by atoms with Gasteiger partial charge in [-0.15, -0.1) is 0 Å². The minimum atomic E-state index is -2.92. The van der Waals surface area contributed by atoms with Gasteiger partial charge >= 0.3 is 6.61 Å². The molecule has 0 aromatic carbocycles. The molecule has 0 saturated carbocycles. The largest absolute Gasteiger partial charge is 0.417 e. The number of ether oxygens (including phenoxy) is 1. The molecular formula is C9H10BrF2NO2. The molecule has 1 rings (SSSR count). The van der Waals surface area contributed by atoms with Crippen molar-refractivity contribution in [3.8, 4) is 5.88 Å². The van der Waals surface area contributed by atoms with E-state index in [0.717, 1.165) is 0 Å². The summed E-state index contributed by atoms with van der Waals surface area (Å²) in [6.07, 6.45) is 1.31. The Morgan fingerprint density at radius 2 is 2.13 bits per heavy atom. The van der Waals surface area contributed by atoms with Crippen molar-refractivity contribution in [1.82, 2.24) is 4.98 Å². The van der Waals surface area contributed by atoms with Crippen LogP contribution in [0.2, 0.25) is 0 Å². The van der Waals surface area contributed by atoms with E-state index in [2.05, 4.69) is 25.7 Å². The molecule has 1 aromatic rings. The summed E-state index contributed by atoms with van der Waals surface area (Å²) in [4.78, 5) is 3.63. The van der Waals surface area contributed by atoms with Crippen molar-refractivity contribution in [3.63, 3.8) is 0 Å². The lowest BCUT2D eigenvalue weighted by atomic mass is 10.00.